The summed E-state index contributed by atoms with van der Waals surface area (Å²) in [5.41, 5.74) is 0.906. The molecule has 1 aliphatic heterocycles. The summed E-state index contributed by atoms with van der Waals surface area (Å²) in [4.78, 5) is 43.5. The molecule has 9 nitrogen and oxygen atoms in total. The molecule has 1 unspecified atom stereocenters. The van der Waals surface area contributed by atoms with Crippen LogP contribution in [0.25, 0.3) is 0 Å². The van der Waals surface area contributed by atoms with Crippen LogP contribution in [0.4, 0.5) is 10.5 Å². The van der Waals surface area contributed by atoms with E-state index in [0.29, 0.717) is 29.4 Å². The monoisotopic (exact) mass is 459 g/mol. The van der Waals surface area contributed by atoms with Crippen LogP contribution in [0.15, 0.2) is 29.6 Å². The van der Waals surface area contributed by atoms with Crippen molar-refractivity contribution in [2.75, 3.05) is 19.0 Å². The number of nitrogens with zero attached hydrogens (tertiary/aromatic N) is 2. The largest absolute Gasteiger partial charge is 0.497 e. The summed E-state index contributed by atoms with van der Waals surface area (Å²) in [5.74, 6) is 0.166. The van der Waals surface area contributed by atoms with Gasteiger partial charge < -0.3 is 25.6 Å². The van der Waals surface area contributed by atoms with Crippen LogP contribution >= 0.6 is 11.3 Å². The zero-order chi connectivity index (χ0) is 23.1. The Hall–Kier alpha value is -3.14. The Morgan fingerprint density at radius 3 is 2.72 bits per heavy atom. The molecule has 32 heavy (non-hydrogen) atoms. The first kappa shape index (κ1) is 23.5. The number of methoxy groups -OCH3 is 1. The van der Waals surface area contributed by atoms with E-state index in [9.17, 15) is 14.4 Å². The Kier molecular flexibility index (Phi) is 8.04. The first-order valence-electron chi connectivity index (χ1n) is 10.6. The first-order valence-corrected chi connectivity index (χ1v) is 11.5. The van der Waals surface area contributed by atoms with Gasteiger partial charge in [-0.05, 0) is 57.4 Å². The molecule has 1 aliphatic rings. The highest BCUT2D eigenvalue weighted by atomic mass is 32.1. The number of amides is 4. The molecular formula is C22H29N5O4S. The molecule has 0 saturated carbocycles. The summed E-state index contributed by atoms with van der Waals surface area (Å²) in [6, 6.07) is 6.20. The molecular weight excluding hydrogens is 430 g/mol. The normalized spacial score (nSPS) is 16.1. The highest BCUT2D eigenvalue weighted by Crippen LogP contribution is 2.19. The summed E-state index contributed by atoms with van der Waals surface area (Å²) in [5, 5.41) is 10.7. The highest BCUT2D eigenvalue weighted by molar-refractivity contribution is 7.09. The standard InChI is InChI=1S/C22H29N5O4S/c1-14(2)27(22(30)24-15-7-9-16(31-3)10-8-15)12-19-25-18(13-32-19)21(29)26-17-6-4-5-11-23-20(17)28/h7-10,13-14,17H,4-6,11-12H2,1-3H3,(H,23,28)(H,24,30)(H,26,29). The van der Waals surface area contributed by atoms with E-state index < -0.39 is 6.04 Å². The summed E-state index contributed by atoms with van der Waals surface area (Å²) < 4.78 is 5.14. The molecule has 0 aliphatic carbocycles. The van der Waals surface area contributed by atoms with Gasteiger partial charge in [-0.1, -0.05) is 0 Å². The second-order valence-electron chi connectivity index (χ2n) is 7.82. The van der Waals surface area contributed by atoms with Gasteiger partial charge in [0.2, 0.25) is 5.91 Å². The molecule has 0 radical (unpaired) electrons. The average Bonchev–Trinajstić information content (AvgIpc) is 3.16. The minimum Gasteiger partial charge on any atom is -0.497 e. The van der Waals surface area contributed by atoms with E-state index in [2.05, 4.69) is 20.9 Å². The lowest BCUT2D eigenvalue weighted by Gasteiger charge is -2.26. The quantitative estimate of drug-likeness (QED) is 0.589. The predicted octanol–water partition coefficient (Wildman–Crippen LogP) is 2.99. The van der Waals surface area contributed by atoms with Crippen molar-refractivity contribution in [1.82, 2.24) is 20.5 Å². The van der Waals surface area contributed by atoms with Crippen LogP contribution in [0.5, 0.6) is 5.75 Å². The Labute approximate surface area is 191 Å². The van der Waals surface area contributed by atoms with E-state index in [4.69, 9.17) is 4.74 Å². The van der Waals surface area contributed by atoms with Crippen LogP contribution in [0.3, 0.4) is 0 Å². The topological polar surface area (TPSA) is 113 Å². The maximum Gasteiger partial charge on any atom is 0.322 e. The fourth-order valence-corrected chi connectivity index (χ4v) is 4.07. The molecule has 4 amide bonds. The molecule has 0 spiro atoms. The average molecular weight is 460 g/mol. The minimum absolute atomic E-state index is 0.0795. The van der Waals surface area contributed by atoms with Gasteiger partial charge in [0.25, 0.3) is 5.91 Å². The number of thiazole rings is 1. The van der Waals surface area contributed by atoms with Crippen molar-refractivity contribution < 1.29 is 19.1 Å². The van der Waals surface area contributed by atoms with E-state index in [1.54, 1.807) is 41.7 Å². The lowest BCUT2D eigenvalue weighted by Crippen LogP contribution is -2.45. The summed E-state index contributed by atoms with van der Waals surface area (Å²) in [7, 11) is 1.59. The van der Waals surface area contributed by atoms with Crippen molar-refractivity contribution in [2.45, 2.75) is 51.7 Å². The molecule has 1 atom stereocenters. The van der Waals surface area contributed by atoms with Gasteiger partial charge in [-0.2, -0.15) is 0 Å². The number of nitrogens with one attached hydrogen (secondary N) is 3. The molecule has 1 aromatic carbocycles. The maximum absolute atomic E-state index is 12.8. The minimum atomic E-state index is -0.544. The molecule has 3 rings (SSSR count). The van der Waals surface area contributed by atoms with E-state index in [1.165, 1.54) is 11.3 Å². The zero-order valence-corrected chi connectivity index (χ0v) is 19.3. The number of benzene rings is 1. The van der Waals surface area contributed by atoms with Crippen LogP contribution in [0.1, 0.15) is 48.6 Å². The van der Waals surface area contributed by atoms with Crippen molar-refractivity contribution in [3.8, 4) is 5.75 Å². The van der Waals surface area contributed by atoms with Crippen LogP contribution in [-0.2, 0) is 11.3 Å². The van der Waals surface area contributed by atoms with Crippen LogP contribution in [0.2, 0.25) is 0 Å². The highest BCUT2D eigenvalue weighted by Gasteiger charge is 2.25. The molecule has 1 aromatic heterocycles. The van der Waals surface area contributed by atoms with E-state index >= 15 is 0 Å². The molecule has 10 heteroatoms. The van der Waals surface area contributed by atoms with Gasteiger partial charge in [-0.15, -0.1) is 11.3 Å². The molecule has 3 N–H and O–H groups in total. The van der Waals surface area contributed by atoms with Crippen molar-refractivity contribution in [3.05, 3.63) is 40.3 Å². The SMILES string of the molecule is COc1ccc(NC(=O)N(Cc2nc(C(=O)NC3CCCCNC3=O)cs2)C(C)C)cc1. The Balaban J connectivity index is 1.62. The van der Waals surface area contributed by atoms with Crippen LogP contribution in [0, 0.1) is 0 Å². The van der Waals surface area contributed by atoms with Gasteiger partial charge in [0, 0.05) is 23.7 Å². The Bertz CT molecular complexity index is 944. The van der Waals surface area contributed by atoms with E-state index in [0.717, 1.165) is 12.8 Å². The third-order valence-electron chi connectivity index (χ3n) is 5.16. The summed E-state index contributed by atoms with van der Waals surface area (Å²) in [6.07, 6.45) is 2.39. The van der Waals surface area contributed by atoms with Crippen molar-refractivity contribution in [1.29, 1.82) is 0 Å². The van der Waals surface area contributed by atoms with Gasteiger partial charge in [-0.3, -0.25) is 9.59 Å². The molecule has 1 saturated heterocycles. The molecule has 1 fully saturated rings. The Morgan fingerprint density at radius 1 is 1.28 bits per heavy atom. The second-order valence-corrected chi connectivity index (χ2v) is 8.76. The fraction of sp³-hybridized carbons (Fsp3) is 0.455. The number of rotatable bonds is 7. The van der Waals surface area contributed by atoms with Gasteiger partial charge >= 0.3 is 6.03 Å². The molecule has 2 aromatic rings. The van der Waals surface area contributed by atoms with Gasteiger partial charge in [0.1, 0.15) is 22.5 Å². The van der Waals surface area contributed by atoms with Gasteiger partial charge in [0.15, 0.2) is 0 Å². The zero-order valence-electron chi connectivity index (χ0n) is 18.5. The molecule has 2 heterocycles. The number of anilines is 1. The maximum atomic E-state index is 12.8. The lowest BCUT2D eigenvalue weighted by molar-refractivity contribution is -0.122. The number of carbonyl (C=O) groups is 3. The number of carbonyl (C=O) groups excluding carboxylic acids is 3. The number of aromatic nitrogens is 1. The number of hydrogen-bond acceptors (Lipinski definition) is 6. The van der Waals surface area contributed by atoms with E-state index in [1.807, 2.05) is 13.8 Å². The van der Waals surface area contributed by atoms with Crippen molar-refractivity contribution in [2.24, 2.45) is 0 Å². The number of hydrogen-bond donors (Lipinski definition) is 3. The van der Waals surface area contributed by atoms with E-state index in [-0.39, 0.29) is 36.1 Å². The van der Waals surface area contributed by atoms with Crippen LogP contribution < -0.4 is 20.7 Å². The van der Waals surface area contributed by atoms with Crippen molar-refractivity contribution in [3.63, 3.8) is 0 Å². The fourth-order valence-electron chi connectivity index (χ4n) is 3.30. The molecule has 172 valence electrons. The van der Waals surface area contributed by atoms with Crippen molar-refractivity contribution >= 4 is 34.9 Å². The number of urea groups is 1. The summed E-state index contributed by atoms with van der Waals surface area (Å²) in [6.45, 7) is 4.73. The first-order chi connectivity index (χ1) is 15.4. The van der Waals surface area contributed by atoms with Gasteiger partial charge in [-0.25, -0.2) is 9.78 Å². The molecule has 0 bridgehead atoms. The Morgan fingerprint density at radius 2 is 2.03 bits per heavy atom. The van der Waals surface area contributed by atoms with Gasteiger partial charge in [0.05, 0.1) is 13.7 Å². The summed E-state index contributed by atoms with van der Waals surface area (Å²) >= 11 is 1.31. The number of ether oxygens (including phenoxy) is 1. The third-order valence-corrected chi connectivity index (χ3v) is 5.99. The predicted molar refractivity (Wildman–Crippen MR) is 123 cm³/mol. The lowest BCUT2D eigenvalue weighted by atomic mass is 10.1. The third kappa shape index (κ3) is 6.19. The second kappa shape index (κ2) is 10.9. The van der Waals surface area contributed by atoms with Crippen LogP contribution in [-0.4, -0.2) is 53.5 Å². The smallest absolute Gasteiger partial charge is 0.322 e.